The highest BCUT2D eigenvalue weighted by Crippen LogP contribution is 2.43. The molecule has 136 valence electrons. The van der Waals surface area contributed by atoms with Crippen LogP contribution in [0, 0.1) is 0 Å². The number of hydrogen-bond acceptors (Lipinski definition) is 4. The van der Waals surface area contributed by atoms with Gasteiger partial charge in [0.2, 0.25) is 0 Å². The van der Waals surface area contributed by atoms with Gasteiger partial charge >= 0.3 is 0 Å². The van der Waals surface area contributed by atoms with Gasteiger partial charge in [-0.2, -0.15) is 0 Å². The normalized spacial score (nSPS) is 18.4. The Morgan fingerprint density at radius 1 is 1.08 bits per heavy atom. The Labute approximate surface area is 157 Å². The molecule has 0 aliphatic carbocycles. The molecule has 0 saturated carbocycles. The summed E-state index contributed by atoms with van der Waals surface area (Å²) in [6, 6.07) is 4.26. The summed E-state index contributed by atoms with van der Waals surface area (Å²) in [6.07, 6.45) is 0. The largest absolute Gasteiger partial charge is 0.507 e. The fourth-order valence-corrected chi connectivity index (χ4v) is 3.88. The summed E-state index contributed by atoms with van der Waals surface area (Å²) in [4.78, 5) is 2.23. The third-order valence-corrected chi connectivity index (χ3v) is 5.55. The molecule has 0 amide bonds. The number of phenols is 1. The number of nitrogens with two attached hydrogens (primary N) is 1. The highest BCUT2D eigenvalue weighted by molar-refractivity contribution is 8.03. The lowest BCUT2D eigenvalue weighted by Gasteiger charge is -2.30. The molecule has 1 aromatic carbocycles. The van der Waals surface area contributed by atoms with Crippen molar-refractivity contribution in [3.05, 3.63) is 34.2 Å². The van der Waals surface area contributed by atoms with E-state index < -0.39 is 0 Å². The molecule has 0 radical (unpaired) electrons. The molecule has 1 aliphatic heterocycles. The molecule has 0 spiro atoms. The van der Waals surface area contributed by atoms with Crippen LogP contribution in [-0.2, 0) is 10.8 Å². The predicted octanol–water partition coefficient (Wildman–Crippen LogP) is 4.67. The summed E-state index contributed by atoms with van der Waals surface area (Å²) in [7, 11) is 2.09. The first-order valence-electron chi connectivity index (χ1n) is 8.13. The van der Waals surface area contributed by atoms with E-state index in [1.54, 1.807) is 11.8 Å². The minimum Gasteiger partial charge on any atom is -0.507 e. The summed E-state index contributed by atoms with van der Waals surface area (Å²) < 4.78 is 0. The van der Waals surface area contributed by atoms with Crippen LogP contribution >= 0.6 is 24.2 Å². The standard InChI is InChI=1S/C19H30N2OS.ClH/c1-18(2,3)13-8-12(9-14(17(13)22)19(4,5)6)15-11-23-16(10-20)21(15)7;/h8-9,11,16,22H,10,20H2,1-7H3;1H. The number of phenolic OH excluding ortho intramolecular Hbond substituents is 1. The van der Waals surface area contributed by atoms with Gasteiger partial charge in [-0.1, -0.05) is 41.5 Å². The first kappa shape index (κ1) is 21.2. The maximum atomic E-state index is 10.8. The van der Waals surface area contributed by atoms with Crippen LogP contribution in [-0.4, -0.2) is 29.0 Å². The maximum absolute atomic E-state index is 10.8. The Morgan fingerprint density at radius 2 is 1.54 bits per heavy atom. The highest BCUT2D eigenvalue weighted by Gasteiger charge is 2.29. The van der Waals surface area contributed by atoms with Crippen molar-refractivity contribution >= 4 is 29.9 Å². The lowest BCUT2D eigenvalue weighted by Crippen LogP contribution is -2.30. The van der Waals surface area contributed by atoms with Crippen LogP contribution in [0.25, 0.3) is 5.70 Å². The van der Waals surface area contributed by atoms with Gasteiger partial charge in [0.15, 0.2) is 0 Å². The lowest BCUT2D eigenvalue weighted by atomic mass is 9.78. The van der Waals surface area contributed by atoms with Crippen LogP contribution in [0.15, 0.2) is 17.5 Å². The lowest BCUT2D eigenvalue weighted by molar-refractivity contribution is 0.422. The molecule has 24 heavy (non-hydrogen) atoms. The summed E-state index contributed by atoms with van der Waals surface area (Å²) in [6.45, 7) is 13.5. The van der Waals surface area contributed by atoms with E-state index in [2.05, 4.69) is 71.0 Å². The number of thioether (sulfide) groups is 1. The molecule has 1 aromatic rings. The number of benzene rings is 1. The Morgan fingerprint density at radius 3 is 1.88 bits per heavy atom. The molecule has 2 rings (SSSR count). The van der Waals surface area contributed by atoms with Crippen LogP contribution in [0.1, 0.15) is 58.2 Å². The molecule has 0 bridgehead atoms. The van der Waals surface area contributed by atoms with Crippen LogP contribution in [0.5, 0.6) is 5.75 Å². The molecule has 5 heteroatoms. The molecule has 3 nitrogen and oxygen atoms in total. The highest BCUT2D eigenvalue weighted by atomic mass is 35.5. The van der Waals surface area contributed by atoms with E-state index >= 15 is 0 Å². The van der Waals surface area contributed by atoms with Crippen LogP contribution in [0.3, 0.4) is 0 Å². The quantitative estimate of drug-likeness (QED) is 0.794. The van der Waals surface area contributed by atoms with Crippen molar-refractivity contribution in [1.82, 2.24) is 4.90 Å². The van der Waals surface area contributed by atoms with Gasteiger partial charge in [0.1, 0.15) is 5.75 Å². The van der Waals surface area contributed by atoms with Gasteiger partial charge < -0.3 is 15.7 Å². The van der Waals surface area contributed by atoms with E-state index in [-0.39, 0.29) is 28.6 Å². The van der Waals surface area contributed by atoms with Crippen molar-refractivity contribution in [2.75, 3.05) is 13.6 Å². The minimum absolute atomic E-state index is 0. The van der Waals surface area contributed by atoms with Gasteiger partial charge in [0.05, 0.1) is 11.1 Å². The number of rotatable bonds is 2. The average Bonchev–Trinajstić information content (AvgIpc) is 2.77. The van der Waals surface area contributed by atoms with Gasteiger partial charge in [-0.25, -0.2) is 0 Å². The van der Waals surface area contributed by atoms with Crippen LogP contribution in [0.2, 0.25) is 0 Å². The predicted molar refractivity (Wildman–Crippen MR) is 109 cm³/mol. The van der Waals surface area contributed by atoms with Crippen molar-refractivity contribution in [3.63, 3.8) is 0 Å². The van der Waals surface area contributed by atoms with Crippen molar-refractivity contribution in [3.8, 4) is 5.75 Å². The minimum atomic E-state index is -0.113. The summed E-state index contributed by atoms with van der Waals surface area (Å²) >= 11 is 1.76. The summed E-state index contributed by atoms with van der Waals surface area (Å²) in [5, 5.41) is 13.3. The topological polar surface area (TPSA) is 49.5 Å². The fourth-order valence-electron chi connectivity index (χ4n) is 2.88. The van der Waals surface area contributed by atoms with Crippen LogP contribution < -0.4 is 5.73 Å². The Hall–Kier alpha value is -0.840. The molecule has 1 aliphatic rings. The number of aromatic hydroxyl groups is 1. The first-order valence-corrected chi connectivity index (χ1v) is 9.08. The fraction of sp³-hybridized carbons (Fsp3) is 0.579. The zero-order valence-electron chi connectivity index (χ0n) is 15.8. The molecule has 0 aromatic heterocycles. The molecular formula is C19H31ClN2OS. The number of halogens is 1. The van der Waals surface area contributed by atoms with E-state index in [1.807, 2.05) is 0 Å². The van der Waals surface area contributed by atoms with Gasteiger partial charge in [-0.05, 0) is 33.9 Å². The third kappa shape index (κ3) is 4.04. The number of hydrogen-bond donors (Lipinski definition) is 2. The summed E-state index contributed by atoms with van der Waals surface area (Å²) in [5.41, 5.74) is 9.95. The van der Waals surface area contributed by atoms with Gasteiger partial charge in [0, 0.05) is 24.7 Å². The molecule has 1 heterocycles. The molecule has 1 atom stereocenters. The average molecular weight is 371 g/mol. The SMILES string of the molecule is CN1C(c2cc(C(C)(C)C)c(O)c(C(C)(C)C)c2)=CSC1CN.Cl. The Kier molecular flexibility index (Phi) is 6.35. The number of likely N-dealkylation sites (N-methyl/N-ethyl adjacent to an activating group) is 1. The second kappa shape index (κ2) is 7.19. The van der Waals surface area contributed by atoms with Gasteiger partial charge in [-0.15, -0.1) is 24.2 Å². The molecule has 1 unspecified atom stereocenters. The van der Waals surface area contributed by atoms with E-state index in [0.717, 1.165) is 16.7 Å². The molecular weight excluding hydrogens is 340 g/mol. The summed E-state index contributed by atoms with van der Waals surface area (Å²) in [5.74, 6) is 0.429. The molecule has 0 saturated heterocycles. The maximum Gasteiger partial charge on any atom is 0.123 e. The van der Waals surface area contributed by atoms with Crippen molar-refractivity contribution in [2.24, 2.45) is 5.73 Å². The van der Waals surface area contributed by atoms with Gasteiger partial charge in [-0.3, -0.25) is 0 Å². The number of nitrogens with zero attached hydrogens (tertiary/aromatic N) is 1. The molecule has 0 fully saturated rings. The van der Waals surface area contributed by atoms with Crippen LogP contribution in [0.4, 0.5) is 0 Å². The van der Waals surface area contributed by atoms with E-state index in [9.17, 15) is 5.11 Å². The van der Waals surface area contributed by atoms with E-state index in [0.29, 0.717) is 12.3 Å². The van der Waals surface area contributed by atoms with Crippen molar-refractivity contribution in [1.29, 1.82) is 0 Å². The zero-order chi connectivity index (χ0) is 17.6. The smallest absolute Gasteiger partial charge is 0.123 e. The zero-order valence-corrected chi connectivity index (χ0v) is 17.4. The second-order valence-electron chi connectivity index (χ2n) is 8.36. The monoisotopic (exact) mass is 370 g/mol. The van der Waals surface area contributed by atoms with Gasteiger partial charge in [0.25, 0.3) is 0 Å². The second-order valence-corrected chi connectivity index (χ2v) is 9.41. The van der Waals surface area contributed by atoms with Crippen molar-refractivity contribution < 1.29 is 5.11 Å². The van der Waals surface area contributed by atoms with Crippen molar-refractivity contribution in [2.45, 2.75) is 57.7 Å². The van der Waals surface area contributed by atoms with E-state index in [4.69, 9.17) is 5.73 Å². The Balaban J connectivity index is 0.00000288. The Bertz CT molecular complexity index is 594. The molecule has 3 N–H and O–H groups in total. The van der Waals surface area contributed by atoms with E-state index in [1.165, 1.54) is 5.70 Å². The first-order chi connectivity index (χ1) is 10.5. The third-order valence-electron chi connectivity index (χ3n) is 4.37.